The van der Waals surface area contributed by atoms with Gasteiger partial charge in [-0.1, -0.05) is 48.5 Å². The summed E-state index contributed by atoms with van der Waals surface area (Å²) < 4.78 is 0. The van der Waals surface area contributed by atoms with E-state index in [1.807, 2.05) is 60.7 Å². The molecule has 0 radical (unpaired) electrons. The molecular weight excluding hydrogens is 224 g/mol. The Morgan fingerprint density at radius 1 is 0.889 bits per heavy atom. The van der Waals surface area contributed by atoms with Crippen molar-refractivity contribution < 1.29 is 4.79 Å². The average molecular weight is 240 g/mol. The van der Waals surface area contributed by atoms with Crippen LogP contribution in [0.25, 0.3) is 0 Å². The molecule has 2 aromatic rings. The second-order valence-corrected chi connectivity index (χ2v) is 4.00. The quantitative estimate of drug-likeness (QED) is 0.842. The van der Waals surface area contributed by atoms with Crippen LogP contribution in [0.4, 0.5) is 5.69 Å². The van der Waals surface area contributed by atoms with Crippen LogP contribution in [0.1, 0.15) is 5.56 Å². The molecule has 0 saturated carbocycles. The molecule has 0 unspecified atom stereocenters. The van der Waals surface area contributed by atoms with Crippen LogP contribution in [-0.2, 0) is 11.3 Å². The molecule has 0 aliphatic heterocycles. The van der Waals surface area contributed by atoms with E-state index in [9.17, 15) is 4.79 Å². The third-order valence-electron chi connectivity index (χ3n) is 2.52. The molecule has 0 aliphatic carbocycles. The number of hydrogen-bond acceptors (Lipinski definition) is 2. The molecule has 0 atom stereocenters. The summed E-state index contributed by atoms with van der Waals surface area (Å²) in [6.07, 6.45) is 0. The van der Waals surface area contributed by atoms with Crippen molar-refractivity contribution >= 4 is 11.6 Å². The maximum atomic E-state index is 11.6. The molecule has 1 amide bonds. The summed E-state index contributed by atoms with van der Waals surface area (Å²) in [7, 11) is 0. The third kappa shape index (κ3) is 4.03. The van der Waals surface area contributed by atoms with Crippen molar-refractivity contribution in [3.8, 4) is 0 Å². The average Bonchev–Trinajstić information content (AvgIpc) is 2.41. The predicted molar refractivity (Wildman–Crippen MR) is 73.2 cm³/mol. The van der Waals surface area contributed by atoms with Crippen molar-refractivity contribution in [1.82, 2.24) is 5.32 Å². The third-order valence-corrected chi connectivity index (χ3v) is 2.52. The molecule has 0 saturated heterocycles. The number of benzene rings is 2. The summed E-state index contributed by atoms with van der Waals surface area (Å²) in [5.41, 5.74) is 1.99. The van der Waals surface area contributed by atoms with Gasteiger partial charge in [0.1, 0.15) is 0 Å². The molecule has 3 nitrogen and oxygen atoms in total. The second kappa shape index (κ2) is 6.57. The van der Waals surface area contributed by atoms with E-state index in [1.54, 1.807) is 0 Å². The minimum atomic E-state index is -0.0304. The van der Waals surface area contributed by atoms with Gasteiger partial charge in [-0.2, -0.15) is 0 Å². The minimum absolute atomic E-state index is 0.0304. The van der Waals surface area contributed by atoms with Crippen molar-refractivity contribution in [2.75, 3.05) is 11.9 Å². The number of nitrogens with one attached hydrogen (secondary N) is 2. The molecule has 0 fully saturated rings. The first-order chi connectivity index (χ1) is 8.84. The largest absolute Gasteiger partial charge is 0.325 e. The van der Waals surface area contributed by atoms with E-state index in [1.165, 1.54) is 5.56 Å². The number of carbonyl (C=O) groups is 1. The molecule has 3 heteroatoms. The van der Waals surface area contributed by atoms with Crippen LogP contribution in [0.2, 0.25) is 0 Å². The summed E-state index contributed by atoms with van der Waals surface area (Å²) in [5.74, 6) is -0.0304. The Bertz CT molecular complexity index is 482. The van der Waals surface area contributed by atoms with Crippen molar-refractivity contribution in [1.29, 1.82) is 0 Å². The van der Waals surface area contributed by atoms with Crippen molar-refractivity contribution in [2.24, 2.45) is 0 Å². The minimum Gasteiger partial charge on any atom is -0.325 e. The molecule has 2 aromatic carbocycles. The summed E-state index contributed by atoms with van der Waals surface area (Å²) in [6.45, 7) is 1.01. The van der Waals surface area contributed by atoms with Gasteiger partial charge in [-0.05, 0) is 17.7 Å². The van der Waals surface area contributed by atoms with Crippen LogP contribution in [-0.4, -0.2) is 12.5 Å². The Kier molecular flexibility index (Phi) is 4.50. The number of carbonyl (C=O) groups excluding carboxylic acids is 1. The van der Waals surface area contributed by atoms with E-state index in [0.29, 0.717) is 13.1 Å². The van der Waals surface area contributed by atoms with Gasteiger partial charge >= 0.3 is 0 Å². The van der Waals surface area contributed by atoms with Gasteiger partial charge in [-0.15, -0.1) is 0 Å². The van der Waals surface area contributed by atoms with E-state index in [2.05, 4.69) is 10.6 Å². The highest BCUT2D eigenvalue weighted by atomic mass is 16.1. The number of para-hydroxylation sites is 1. The topological polar surface area (TPSA) is 41.1 Å². The van der Waals surface area contributed by atoms with E-state index in [0.717, 1.165) is 5.69 Å². The van der Waals surface area contributed by atoms with E-state index < -0.39 is 0 Å². The smallest absolute Gasteiger partial charge is 0.238 e. The number of amides is 1. The van der Waals surface area contributed by atoms with Crippen LogP contribution in [0.15, 0.2) is 60.7 Å². The monoisotopic (exact) mass is 240 g/mol. The van der Waals surface area contributed by atoms with Gasteiger partial charge in [0, 0.05) is 12.2 Å². The lowest BCUT2D eigenvalue weighted by atomic mass is 10.2. The first kappa shape index (κ1) is 12.3. The fourth-order valence-corrected chi connectivity index (χ4v) is 1.64. The normalized spacial score (nSPS) is 10.0. The Morgan fingerprint density at radius 3 is 2.17 bits per heavy atom. The first-order valence-corrected chi connectivity index (χ1v) is 5.94. The SMILES string of the molecule is O=C(CNCc1ccccc1)Nc1ccccc1. The highest BCUT2D eigenvalue weighted by Crippen LogP contribution is 2.04. The summed E-state index contributed by atoms with van der Waals surface area (Å²) in [5, 5.41) is 5.94. The molecule has 0 spiro atoms. The maximum Gasteiger partial charge on any atom is 0.238 e. The van der Waals surface area contributed by atoms with Crippen molar-refractivity contribution in [3.63, 3.8) is 0 Å². The molecule has 2 rings (SSSR count). The van der Waals surface area contributed by atoms with Crippen LogP contribution in [0.5, 0.6) is 0 Å². The lowest BCUT2D eigenvalue weighted by molar-refractivity contribution is -0.115. The number of anilines is 1. The Hall–Kier alpha value is -2.13. The van der Waals surface area contributed by atoms with Crippen LogP contribution in [0.3, 0.4) is 0 Å². The molecule has 92 valence electrons. The zero-order chi connectivity index (χ0) is 12.6. The van der Waals surface area contributed by atoms with E-state index in [-0.39, 0.29) is 5.91 Å². The zero-order valence-corrected chi connectivity index (χ0v) is 10.1. The van der Waals surface area contributed by atoms with Gasteiger partial charge in [0.15, 0.2) is 0 Å². The molecular formula is C15H16N2O. The van der Waals surface area contributed by atoms with E-state index in [4.69, 9.17) is 0 Å². The summed E-state index contributed by atoms with van der Waals surface area (Å²) in [6, 6.07) is 19.5. The molecule has 0 aromatic heterocycles. The number of rotatable bonds is 5. The first-order valence-electron chi connectivity index (χ1n) is 5.94. The van der Waals surface area contributed by atoms with E-state index >= 15 is 0 Å². The Morgan fingerprint density at radius 2 is 1.50 bits per heavy atom. The fourth-order valence-electron chi connectivity index (χ4n) is 1.64. The van der Waals surface area contributed by atoms with Gasteiger partial charge in [-0.3, -0.25) is 4.79 Å². The highest BCUT2D eigenvalue weighted by Gasteiger charge is 2.00. The summed E-state index contributed by atoms with van der Waals surface area (Å²) >= 11 is 0. The number of hydrogen-bond donors (Lipinski definition) is 2. The highest BCUT2D eigenvalue weighted by molar-refractivity contribution is 5.92. The molecule has 2 N–H and O–H groups in total. The van der Waals surface area contributed by atoms with Gasteiger partial charge in [-0.25, -0.2) is 0 Å². The molecule has 18 heavy (non-hydrogen) atoms. The molecule has 0 aliphatic rings. The van der Waals surface area contributed by atoms with Crippen molar-refractivity contribution in [3.05, 3.63) is 66.2 Å². The standard InChI is InChI=1S/C15H16N2O/c18-15(17-14-9-5-2-6-10-14)12-16-11-13-7-3-1-4-8-13/h1-10,16H,11-12H2,(H,17,18). The zero-order valence-electron chi connectivity index (χ0n) is 10.1. The molecule has 0 bridgehead atoms. The van der Waals surface area contributed by atoms with Gasteiger partial charge in [0.2, 0.25) is 5.91 Å². The Labute approximate surface area is 107 Å². The fraction of sp³-hybridized carbons (Fsp3) is 0.133. The van der Waals surface area contributed by atoms with Gasteiger partial charge < -0.3 is 10.6 Å². The lowest BCUT2D eigenvalue weighted by Gasteiger charge is -2.06. The second-order valence-electron chi connectivity index (χ2n) is 4.00. The summed E-state index contributed by atoms with van der Waals surface area (Å²) in [4.78, 5) is 11.6. The predicted octanol–water partition coefficient (Wildman–Crippen LogP) is 2.41. The van der Waals surface area contributed by atoms with Crippen molar-refractivity contribution in [2.45, 2.75) is 6.54 Å². The van der Waals surface area contributed by atoms with Gasteiger partial charge in [0.05, 0.1) is 6.54 Å². The molecule has 0 heterocycles. The van der Waals surface area contributed by atoms with Crippen LogP contribution >= 0.6 is 0 Å². The van der Waals surface area contributed by atoms with Crippen LogP contribution in [0, 0.1) is 0 Å². The van der Waals surface area contributed by atoms with Gasteiger partial charge in [0.25, 0.3) is 0 Å². The lowest BCUT2D eigenvalue weighted by Crippen LogP contribution is -2.27. The maximum absolute atomic E-state index is 11.6. The van der Waals surface area contributed by atoms with Crippen LogP contribution < -0.4 is 10.6 Å². The Balaban J connectivity index is 1.73.